The third-order valence-electron chi connectivity index (χ3n) is 4.89. The summed E-state index contributed by atoms with van der Waals surface area (Å²) in [5, 5.41) is 0.685. The molecule has 3 rings (SSSR count). The fourth-order valence-corrected chi connectivity index (χ4v) is 3.57. The molecule has 1 aliphatic rings. The Hall–Kier alpha value is -2.10. The lowest BCUT2D eigenvalue weighted by Gasteiger charge is -2.17. The van der Waals surface area contributed by atoms with E-state index in [1.54, 1.807) is 6.08 Å². The fraction of sp³-hybridized carbons (Fsp3) is 0.348. The van der Waals surface area contributed by atoms with Crippen LogP contribution in [0.3, 0.4) is 0 Å². The molecule has 1 heterocycles. The Bertz CT molecular complexity index is 798. The topological polar surface area (TPSA) is 29.5 Å². The van der Waals surface area contributed by atoms with Crippen molar-refractivity contribution in [1.29, 1.82) is 0 Å². The maximum Gasteiger partial charge on any atom is 0.185 e. The zero-order valence-corrected chi connectivity index (χ0v) is 16.8. The number of nitrogens with zero attached hydrogens (tertiary/aromatic N) is 1. The van der Waals surface area contributed by atoms with Crippen molar-refractivity contribution in [3.63, 3.8) is 0 Å². The van der Waals surface area contributed by atoms with Crippen LogP contribution in [0, 0.1) is 13.8 Å². The Morgan fingerprint density at radius 1 is 1.11 bits per heavy atom. The van der Waals surface area contributed by atoms with Crippen LogP contribution in [0.4, 0.5) is 0 Å². The van der Waals surface area contributed by atoms with Crippen molar-refractivity contribution >= 4 is 23.5 Å². The Kier molecular flexibility index (Phi) is 6.70. The number of likely N-dealkylation sites (tertiary alicyclic amines) is 1. The smallest absolute Gasteiger partial charge is 0.185 e. The minimum Gasteiger partial charge on any atom is -0.492 e. The number of benzene rings is 2. The van der Waals surface area contributed by atoms with Crippen LogP contribution in [0.25, 0.3) is 6.08 Å². The molecule has 0 aromatic heterocycles. The molecule has 0 N–H and O–H groups in total. The monoisotopic (exact) mass is 383 g/mol. The molecular weight excluding hydrogens is 358 g/mol. The van der Waals surface area contributed by atoms with Gasteiger partial charge in [0.15, 0.2) is 5.78 Å². The molecule has 0 aliphatic carbocycles. The Balaban J connectivity index is 1.63. The number of carbonyl (C=O) groups excluding carboxylic acids is 1. The molecule has 2 aromatic carbocycles. The Morgan fingerprint density at radius 2 is 1.74 bits per heavy atom. The molecule has 0 spiro atoms. The van der Waals surface area contributed by atoms with Gasteiger partial charge >= 0.3 is 0 Å². The molecular formula is C23H26ClNO2. The molecule has 1 aliphatic heterocycles. The average Bonchev–Trinajstić information content (AvgIpc) is 3.16. The number of hydrogen-bond acceptors (Lipinski definition) is 3. The number of rotatable bonds is 7. The van der Waals surface area contributed by atoms with Gasteiger partial charge in [-0.05, 0) is 86.8 Å². The molecule has 27 heavy (non-hydrogen) atoms. The standard InChI is InChI=1S/C23H26ClNO2/c1-17-15-20(22(26)10-7-19-5-8-21(24)9-6-19)16-18(2)23(17)27-14-13-25-11-3-4-12-25/h5-10,15-16H,3-4,11-14H2,1-2H3. The highest BCUT2D eigenvalue weighted by Crippen LogP contribution is 2.25. The van der Waals surface area contributed by atoms with Gasteiger partial charge in [0.25, 0.3) is 0 Å². The zero-order valence-electron chi connectivity index (χ0n) is 16.0. The first-order valence-corrected chi connectivity index (χ1v) is 9.85. The fourth-order valence-electron chi connectivity index (χ4n) is 3.45. The van der Waals surface area contributed by atoms with E-state index in [9.17, 15) is 4.79 Å². The molecule has 0 amide bonds. The second-order valence-corrected chi connectivity index (χ2v) is 7.52. The summed E-state index contributed by atoms with van der Waals surface area (Å²) in [5.41, 5.74) is 3.63. The third kappa shape index (κ3) is 5.44. The Labute approximate surface area is 166 Å². The van der Waals surface area contributed by atoms with Crippen LogP contribution in [0.2, 0.25) is 5.02 Å². The molecule has 4 heteroatoms. The number of allylic oxidation sites excluding steroid dienone is 1. The van der Waals surface area contributed by atoms with Crippen LogP contribution in [0.5, 0.6) is 5.75 Å². The Morgan fingerprint density at radius 3 is 2.37 bits per heavy atom. The largest absolute Gasteiger partial charge is 0.492 e. The van der Waals surface area contributed by atoms with Gasteiger partial charge < -0.3 is 4.74 Å². The molecule has 3 nitrogen and oxygen atoms in total. The number of halogens is 1. The molecule has 0 radical (unpaired) electrons. The van der Waals surface area contributed by atoms with E-state index < -0.39 is 0 Å². The normalized spacial score (nSPS) is 14.8. The summed E-state index contributed by atoms with van der Waals surface area (Å²) in [7, 11) is 0. The van der Waals surface area contributed by atoms with Crippen LogP contribution >= 0.6 is 11.6 Å². The van der Waals surface area contributed by atoms with Gasteiger partial charge in [0.2, 0.25) is 0 Å². The molecule has 0 atom stereocenters. The summed E-state index contributed by atoms with van der Waals surface area (Å²) < 4.78 is 6.02. The summed E-state index contributed by atoms with van der Waals surface area (Å²) in [6.45, 7) is 7.99. The van der Waals surface area contributed by atoms with Crippen LogP contribution in [-0.4, -0.2) is 36.9 Å². The van der Waals surface area contributed by atoms with Crippen molar-refractivity contribution in [3.8, 4) is 5.75 Å². The predicted octanol–water partition coefficient (Wildman–Crippen LogP) is 5.33. The van der Waals surface area contributed by atoms with Crippen molar-refractivity contribution in [2.24, 2.45) is 0 Å². The second-order valence-electron chi connectivity index (χ2n) is 7.09. The maximum absolute atomic E-state index is 12.5. The van der Waals surface area contributed by atoms with Gasteiger partial charge in [-0.3, -0.25) is 9.69 Å². The number of hydrogen-bond donors (Lipinski definition) is 0. The molecule has 142 valence electrons. The van der Waals surface area contributed by atoms with E-state index >= 15 is 0 Å². The maximum atomic E-state index is 12.5. The predicted molar refractivity (Wildman–Crippen MR) is 112 cm³/mol. The van der Waals surface area contributed by atoms with E-state index in [0.29, 0.717) is 17.2 Å². The van der Waals surface area contributed by atoms with Gasteiger partial charge in [0.05, 0.1) is 0 Å². The van der Waals surface area contributed by atoms with Gasteiger partial charge in [-0.2, -0.15) is 0 Å². The van der Waals surface area contributed by atoms with Crippen LogP contribution < -0.4 is 4.74 Å². The summed E-state index contributed by atoms with van der Waals surface area (Å²) in [6.07, 6.45) is 5.99. The van der Waals surface area contributed by atoms with Crippen molar-refractivity contribution in [1.82, 2.24) is 4.90 Å². The van der Waals surface area contributed by atoms with Gasteiger partial charge in [0.1, 0.15) is 12.4 Å². The lowest BCUT2D eigenvalue weighted by Crippen LogP contribution is -2.25. The van der Waals surface area contributed by atoms with Crippen LogP contribution in [0.15, 0.2) is 42.5 Å². The number of ketones is 1. The van der Waals surface area contributed by atoms with Crippen molar-refractivity contribution in [2.75, 3.05) is 26.2 Å². The first-order chi connectivity index (χ1) is 13.0. The summed E-state index contributed by atoms with van der Waals surface area (Å²) in [6, 6.07) is 11.2. The lowest BCUT2D eigenvalue weighted by molar-refractivity contribution is 0.104. The molecule has 1 saturated heterocycles. The number of carbonyl (C=O) groups is 1. The quantitative estimate of drug-likeness (QED) is 0.478. The zero-order chi connectivity index (χ0) is 19.2. The van der Waals surface area contributed by atoms with E-state index in [1.165, 1.54) is 25.9 Å². The summed E-state index contributed by atoms with van der Waals surface area (Å²) >= 11 is 5.89. The van der Waals surface area contributed by atoms with E-state index in [2.05, 4.69) is 4.90 Å². The van der Waals surface area contributed by atoms with Gasteiger partial charge in [0, 0.05) is 17.1 Å². The lowest BCUT2D eigenvalue weighted by atomic mass is 10.0. The molecule has 1 fully saturated rings. The summed E-state index contributed by atoms with van der Waals surface area (Å²) in [5.74, 6) is 0.882. The molecule has 0 unspecified atom stereocenters. The highest BCUT2D eigenvalue weighted by Gasteiger charge is 2.13. The highest BCUT2D eigenvalue weighted by molar-refractivity contribution is 6.30. The average molecular weight is 384 g/mol. The van der Waals surface area contributed by atoms with Crippen LogP contribution in [-0.2, 0) is 0 Å². The number of aryl methyl sites for hydroxylation is 2. The van der Waals surface area contributed by atoms with Gasteiger partial charge in [-0.1, -0.05) is 29.8 Å². The third-order valence-corrected chi connectivity index (χ3v) is 5.15. The summed E-state index contributed by atoms with van der Waals surface area (Å²) in [4.78, 5) is 15.0. The van der Waals surface area contributed by atoms with E-state index in [-0.39, 0.29) is 5.78 Å². The first kappa shape index (κ1) is 19.7. The minimum absolute atomic E-state index is 0.0141. The van der Waals surface area contributed by atoms with Crippen molar-refractivity contribution in [2.45, 2.75) is 26.7 Å². The number of ether oxygens (including phenoxy) is 1. The molecule has 0 saturated carbocycles. The first-order valence-electron chi connectivity index (χ1n) is 9.47. The highest BCUT2D eigenvalue weighted by atomic mass is 35.5. The van der Waals surface area contributed by atoms with Gasteiger partial charge in [-0.15, -0.1) is 0 Å². The van der Waals surface area contributed by atoms with E-state index in [4.69, 9.17) is 16.3 Å². The van der Waals surface area contributed by atoms with E-state index in [1.807, 2.05) is 56.3 Å². The SMILES string of the molecule is Cc1cc(C(=O)C=Cc2ccc(Cl)cc2)cc(C)c1OCCN1CCCC1. The second kappa shape index (κ2) is 9.20. The molecule has 0 bridgehead atoms. The minimum atomic E-state index is -0.0141. The van der Waals surface area contributed by atoms with Crippen molar-refractivity contribution < 1.29 is 9.53 Å². The molecule has 2 aromatic rings. The van der Waals surface area contributed by atoms with E-state index in [0.717, 1.165) is 29.0 Å². The van der Waals surface area contributed by atoms with Crippen molar-refractivity contribution in [3.05, 3.63) is 69.8 Å². The van der Waals surface area contributed by atoms with Crippen LogP contribution in [0.1, 0.15) is 39.9 Å². The van der Waals surface area contributed by atoms with Gasteiger partial charge in [-0.25, -0.2) is 0 Å².